The van der Waals surface area contributed by atoms with Crippen molar-refractivity contribution in [2.75, 3.05) is 33.2 Å². The van der Waals surface area contributed by atoms with Crippen LogP contribution in [-0.2, 0) is 10.2 Å². The van der Waals surface area contributed by atoms with Gasteiger partial charge in [-0.1, -0.05) is 34.6 Å². The van der Waals surface area contributed by atoms with Gasteiger partial charge < -0.3 is 5.32 Å². The molecule has 5 nitrogen and oxygen atoms in total. The lowest BCUT2D eigenvalue weighted by atomic mass is 9.82. The van der Waals surface area contributed by atoms with Crippen LogP contribution in [0.25, 0.3) is 0 Å². The lowest BCUT2D eigenvalue weighted by molar-refractivity contribution is 0.261. The monoisotopic (exact) mass is 307 g/mol. The largest absolute Gasteiger partial charge is 0.317 e. The Morgan fingerprint density at radius 1 is 1.20 bits per heavy atom. The molecule has 2 N–H and O–H groups in total. The Morgan fingerprint density at radius 3 is 2.30 bits per heavy atom. The van der Waals surface area contributed by atoms with E-state index in [1.165, 1.54) is 4.31 Å². The van der Waals surface area contributed by atoms with Gasteiger partial charge in [-0.05, 0) is 37.3 Å². The highest BCUT2D eigenvalue weighted by Crippen LogP contribution is 2.24. The van der Waals surface area contributed by atoms with E-state index in [-0.39, 0.29) is 11.3 Å². The smallest absolute Gasteiger partial charge is 0.279 e. The fourth-order valence-corrected chi connectivity index (χ4v) is 2.55. The number of rotatable bonds is 10. The van der Waals surface area contributed by atoms with Crippen LogP contribution in [-0.4, -0.2) is 45.9 Å². The Hall–Kier alpha value is -0.170. The molecule has 0 aromatic rings. The zero-order valence-corrected chi connectivity index (χ0v) is 14.8. The summed E-state index contributed by atoms with van der Waals surface area (Å²) in [5.74, 6) is 0.289. The highest BCUT2D eigenvalue weighted by atomic mass is 32.2. The van der Waals surface area contributed by atoms with Crippen LogP contribution in [0.4, 0.5) is 0 Å². The molecular formula is C14H33N3O2S. The van der Waals surface area contributed by atoms with E-state index in [9.17, 15) is 8.42 Å². The summed E-state index contributed by atoms with van der Waals surface area (Å²) in [4.78, 5) is 0. The van der Waals surface area contributed by atoms with Gasteiger partial charge in [0, 0.05) is 20.1 Å². The molecule has 0 aliphatic heterocycles. The van der Waals surface area contributed by atoms with Gasteiger partial charge in [-0.15, -0.1) is 0 Å². The molecule has 6 heteroatoms. The molecule has 0 spiro atoms. The van der Waals surface area contributed by atoms with Gasteiger partial charge in [0.25, 0.3) is 10.2 Å². The summed E-state index contributed by atoms with van der Waals surface area (Å²) in [5, 5.41) is 3.27. The Balaban J connectivity index is 4.09. The first-order chi connectivity index (χ1) is 9.11. The van der Waals surface area contributed by atoms with Crippen LogP contribution >= 0.6 is 0 Å². The van der Waals surface area contributed by atoms with Gasteiger partial charge in [-0.3, -0.25) is 0 Å². The van der Waals surface area contributed by atoms with Crippen LogP contribution in [0.5, 0.6) is 0 Å². The van der Waals surface area contributed by atoms with E-state index in [1.54, 1.807) is 7.05 Å². The van der Waals surface area contributed by atoms with Gasteiger partial charge >= 0.3 is 0 Å². The van der Waals surface area contributed by atoms with E-state index in [1.807, 2.05) is 0 Å². The molecule has 0 heterocycles. The molecule has 0 aromatic heterocycles. The Labute approximate surface area is 125 Å². The molecule has 0 saturated heterocycles. The predicted octanol–water partition coefficient (Wildman–Crippen LogP) is 1.82. The molecule has 0 aliphatic carbocycles. The third-order valence-electron chi connectivity index (χ3n) is 3.71. The second-order valence-electron chi connectivity index (χ2n) is 6.55. The predicted molar refractivity (Wildman–Crippen MR) is 85.9 cm³/mol. The second kappa shape index (κ2) is 8.97. The van der Waals surface area contributed by atoms with Crippen molar-refractivity contribution in [1.82, 2.24) is 14.3 Å². The molecule has 20 heavy (non-hydrogen) atoms. The zero-order chi connectivity index (χ0) is 15.8. The van der Waals surface area contributed by atoms with Crippen molar-refractivity contribution in [2.24, 2.45) is 11.3 Å². The minimum absolute atomic E-state index is 0.102. The van der Waals surface area contributed by atoms with Crippen LogP contribution in [0, 0.1) is 11.3 Å². The molecule has 0 saturated carbocycles. The van der Waals surface area contributed by atoms with Crippen molar-refractivity contribution in [3.63, 3.8) is 0 Å². The summed E-state index contributed by atoms with van der Waals surface area (Å²) in [6.07, 6.45) is 1.92. The van der Waals surface area contributed by atoms with Crippen molar-refractivity contribution < 1.29 is 8.42 Å². The summed E-state index contributed by atoms with van der Waals surface area (Å²) in [6, 6.07) is 0. The van der Waals surface area contributed by atoms with E-state index in [0.29, 0.717) is 13.1 Å². The lowest BCUT2D eigenvalue weighted by Gasteiger charge is -2.28. The van der Waals surface area contributed by atoms with Crippen LogP contribution < -0.4 is 10.0 Å². The number of hydrogen-bond acceptors (Lipinski definition) is 3. The number of nitrogens with one attached hydrogen (secondary N) is 2. The molecule has 122 valence electrons. The molecule has 1 unspecified atom stereocenters. The van der Waals surface area contributed by atoms with Gasteiger partial charge in [0.2, 0.25) is 0 Å². The fraction of sp³-hybridized carbons (Fsp3) is 1.00. The number of hydrogen-bond donors (Lipinski definition) is 2. The van der Waals surface area contributed by atoms with Crippen molar-refractivity contribution >= 4 is 10.2 Å². The molecule has 0 aromatic carbocycles. The highest BCUT2D eigenvalue weighted by molar-refractivity contribution is 7.87. The Kier molecular flexibility index (Phi) is 8.90. The first-order valence-electron chi connectivity index (χ1n) is 7.53. The fourth-order valence-electron chi connectivity index (χ4n) is 1.50. The van der Waals surface area contributed by atoms with Crippen molar-refractivity contribution in [2.45, 2.75) is 47.5 Å². The minimum Gasteiger partial charge on any atom is -0.317 e. The topological polar surface area (TPSA) is 61.4 Å². The summed E-state index contributed by atoms with van der Waals surface area (Å²) in [5.41, 5.74) is 0.102. The van der Waals surface area contributed by atoms with E-state index < -0.39 is 10.2 Å². The molecule has 1 atom stereocenters. The maximum absolute atomic E-state index is 12.1. The SMILES string of the molecule is CCCNCCCN(C)S(=O)(=O)NCC(C)C(C)(C)C. The standard InChI is InChI=1S/C14H33N3O2S/c1-7-9-15-10-8-11-17(6)20(18,19)16-12-13(2)14(3,4)5/h13,15-16H,7-12H2,1-6H3. The summed E-state index contributed by atoms with van der Waals surface area (Å²) >= 11 is 0. The van der Waals surface area contributed by atoms with Crippen LogP contribution in [0.2, 0.25) is 0 Å². The number of nitrogens with zero attached hydrogens (tertiary/aromatic N) is 1. The first-order valence-corrected chi connectivity index (χ1v) is 8.97. The van der Waals surface area contributed by atoms with E-state index >= 15 is 0 Å². The average molecular weight is 308 g/mol. The summed E-state index contributed by atoms with van der Waals surface area (Å²) in [7, 11) is -1.72. The third kappa shape index (κ3) is 8.19. The van der Waals surface area contributed by atoms with Gasteiger partial charge in [-0.25, -0.2) is 4.72 Å². The van der Waals surface area contributed by atoms with Gasteiger partial charge in [-0.2, -0.15) is 12.7 Å². The minimum atomic E-state index is -3.35. The molecule has 0 rings (SSSR count). The average Bonchev–Trinajstić information content (AvgIpc) is 2.34. The maximum Gasteiger partial charge on any atom is 0.279 e. The van der Waals surface area contributed by atoms with Crippen molar-refractivity contribution in [3.8, 4) is 0 Å². The Morgan fingerprint density at radius 2 is 1.80 bits per heavy atom. The first kappa shape index (κ1) is 19.8. The van der Waals surface area contributed by atoms with Crippen LogP contribution in [0.1, 0.15) is 47.5 Å². The lowest BCUT2D eigenvalue weighted by Crippen LogP contribution is -2.42. The molecular weight excluding hydrogens is 274 g/mol. The molecule has 0 fully saturated rings. The van der Waals surface area contributed by atoms with Crippen molar-refractivity contribution in [1.29, 1.82) is 0 Å². The maximum atomic E-state index is 12.1. The van der Waals surface area contributed by atoms with Crippen molar-refractivity contribution in [3.05, 3.63) is 0 Å². The quantitative estimate of drug-likeness (QED) is 0.605. The summed E-state index contributed by atoms with van der Waals surface area (Å²) < 4.78 is 28.2. The third-order valence-corrected chi connectivity index (χ3v) is 5.25. The second-order valence-corrected chi connectivity index (χ2v) is 8.41. The normalized spacial score (nSPS) is 14.8. The van der Waals surface area contributed by atoms with Gasteiger partial charge in [0.15, 0.2) is 0 Å². The molecule has 0 amide bonds. The molecule has 0 radical (unpaired) electrons. The van der Waals surface area contributed by atoms with Gasteiger partial charge in [0.1, 0.15) is 0 Å². The molecule has 0 aliphatic rings. The van der Waals surface area contributed by atoms with Crippen LogP contribution in [0.3, 0.4) is 0 Å². The van der Waals surface area contributed by atoms with E-state index in [2.05, 4.69) is 44.7 Å². The molecule has 0 bridgehead atoms. The van der Waals surface area contributed by atoms with E-state index in [0.717, 1.165) is 25.9 Å². The summed E-state index contributed by atoms with van der Waals surface area (Å²) in [6.45, 7) is 13.4. The Bertz CT molecular complexity index is 350. The van der Waals surface area contributed by atoms with E-state index in [4.69, 9.17) is 0 Å². The zero-order valence-electron chi connectivity index (χ0n) is 14.0. The van der Waals surface area contributed by atoms with Crippen LogP contribution in [0.15, 0.2) is 0 Å². The highest BCUT2D eigenvalue weighted by Gasteiger charge is 2.23. The van der Waals surface area contributed by atoms with Gasteiger partial charge in [0.05, 0.1) is 0 Å².